The molecule has 0 spiro atoms. The lowest BCUT2D eigenvalue weighted by Gasteiger charge is -2.09. The summed E-state index contributed by atoms with van der Waals surface area (Å²) in [5, 5.41) is 18.0. The van der Waals surface area contributed by atoms with Crippen LogP contribution in [0.2, 0.25) is 0 Å². The molecule has 0 aliphatic carbocycles. The number of hydrogen-bond acceptors (Lipinski definition) is 6. The molecular weight excluding hydrogens is 268 g/mol. The van der Waals surface area contributed by atoms with E-state index in [0.29, 0.717) is 0 Å². The number of aliphatic hydroxyl groups is 1. The third-order valence-electron chi connectivity index (χ3n) is 2.33. The molecule has 20 heavy (non-hydrogen) atoms. The first kappa shape index (κ1) is 15.4. The predicted octanol–water partition coefficient (Wildman–Crippen LogP) is 0.721. The number of aliphatic hydroxyl groups excluding tert-OH is 1. The summed E-state index contributed by atoms with van der Waals surface area (Å²) in [6.07, 6.45) is 0.839. The molecule has 0 atom stereocenters. The van der Waals surface area contributed by atoms with Crippen molar-refractivity contribution in [1.29, 1.82) is 0 Å². The van der Waals surface area contributed by atoms with Crippen LogP contribution in [0.4, 0.5) is 0 Å². The zero-order chi connectivity index (χ0) is 15.1. The molecule has 1 aromatic rings. The Bertz CT molecular complexity index is 548. The molecule has 0 saturated carbocycles. The molecule has 0 fully saturated rings. The topological polar surface area (TPSA) is 110 Å². The number of carboxylic acids is 1. The SMILES string of the molecule is C=CC(=O)OOC(=O)c1c(CCO)cccc1C(=O)O. The van der Waals surface area contributed by atoms with Crippen LogP contribution in [0.25, 0.3) is 0 Å². The molecule has 1 aromatic carbocycles. The summed E-state index contributed by atoms with van der Waals surface area (Å²) in [5.74, 6) is -3.47. The number of aromatic carboxylic acids is 1. The summed E-state index contributed by atoms with van der Waals surface area (Å²) in [4.78, 5) is 42.1. The summed E-state index contributed by atoms with van der Waals surface area (Å²) >= 11 is 0. The van der Waals surface area contributed by atoms with Crippen molar-refractivity contribution < 1.29 is 34.4 Å². The monoisotopic (exact) mass is 280 g/mol. The predicted molar refractivity (Wildman–Crippen MR) is 65.9 cm³/mol. The zero-order valence-corrected chi connectivity index (χ0v) is 10.4. The summed E-state index contributed by atoms with van der Waals surface area (Å²) in [6.45, 7) is 2.83. The van der Waals surface area contributed by atoms with Gasteiger partial charge in [0.15, 0.2) is 0 Å². The lowest BCUT2D eigenvalue weighted by atomic mass is 9.99. The Labute approximate surface area is 114 Å². The average Bonchev–Trinajstić information content (AvgIpc) is 2.44. The van der Waals surface area contributed by atoms with E-state index < -0.39 is 17.9 Å². The quantitative estimate of drug-likeness (QED) is 0.464. The number of carbonyl (C=O) groups excluding carboxylic acids is 2. The van der Waals surface area contributed by atoms with Crippen molar-refractivity contribution in [2.75, 3.05) is 6.61 Å². The fraction of sp³-hybridized carbons (Fsp3) is 0.154. The van der Waals surface area contributed by atoms with Crippen LogP contribution in [0.15, 0.2) is 30.9 Å². The molecule has 0 bridgehead atoms. The summed E-state index contributed by atoms with van der Waals surface area (Å²) in [7, 11) is 0. The summed E-state index contributed by atoms with van der Waals surface area (Å²) < 4.78 is 0. The van der Waals surface area contributed by atoms with Gasteiger partial charge in [0.1, 0.15) is 0 Å². The molecule has 0 aliphatic rings. The van der Waals surface area contributed by atoms with Crippen molar-refractivity contribution in [3.8, 4) is 0 Å². The maximum atomic E-state index is 11.8. The lowest BCUT2D eigenvalue weighted by molar-refractivity contribution is -0.228. The molecule has 1 rings (SSSR count). The molecule has 0 heterocycles. The molecule has 0 radical (unpaired) electrons. The van der Waals surface area contributed by atoms with Gasteiger partial charge in [0.05, 0.1) is 11.1 Å². The highest BCUT2D eigenvalue weighted by molar-refractivity contribution is 6.03. The Balaban J connectivity index is 3.11. The van der Waals surface area contributed by atoms with Gasteiger partial charge in [0.25, 0.3) is 0 Å². The molecule has 0 unspecified atom stereocenters. The van der Waals surface area contributed by atoms with Crippen molar-refractivity contribution in [2.24, 2.45) is 0 Å². The van der Waals surface area contributed by atoms with Gasteiger partial charge >= 0.3 is 17.9 Å². The minimum absolute atomic E-state index is 0.0565. The van der Waals surface area contributed by atoms with Crippen molar-refractivity contribution in [1.82, 2.24) is 0 Å². The van der Waals surface area contributed by atoms with E-state index in [4.69, 9.17) is 10.2 Å². The first-order valence-electron chi connectivity index (χ1n) is 5.52. The molecule has 0 saturated heterocycles. The molecule has 2 N–H and O–H groups in total. The molecular formula is C13H12O7. The van der Waals surface area contributed by atoms with Gasteiger partial charge in [-0.2, -0.15) is 0 Å². The van der Waals surface area contributed by atoms with E-state index in [1.54, 1.807) is 0 Å². The summed E-state index contributed by atoms with van der Waals surface area (Å²) in [6, 6.07) is 4.10. The van der Waals surface area contributed by atoms with Crippen LogP contribution in [-0.4, -0.2) is 34.7 Å². The Hall–Kier alpha value is -2.67. The molecule has 7 heteroatoms. The van der Waals surface area contributed by atoms with Gasteiger partial charge in [-0.15, -0.1) is 0 Å². The van der Waals surface area contributed by atoms with Gasteiger partial charge in [-0.05, 0) is 18.1 Å². The second kappa shape index (κ2) is 7.05. The number of rotatable bonds is 5. The van der Waals surface area contributed by atoms with Crippen molar-refractivity contribution >= 4 is 17.9 Å². The third kappa shape index (κ3) is 3.66. The van der Waals surface area contributed by atoms with Crippen LogP contribution in [0, 0.1) is 0 Å². The van der Waals surface area contributed by atoms with E-state index >= 15 is 0 Å². The van der Waals surface area contributed by atoms with E-state index in [9.17, 15) is 14.4 Å². The third-order valence-corrected chi connectivity index (χ3v) is 2.33. The Morgan fingerprint density at radius 2 is 1.95 bits per heavy atom. The minimum Gasteiger partial charge on any atom is -0.478 e. The van der Waals surface area contributed by atoms with E-state index in [0.717, 1.165) is 6.08 Å². The molecule has 106 valence electrons. The second-order valence-corrected chi connectivity index (χ2v) is 3.60. The van der Waals surface area contributed by atoms with Crippen molar-refractivity contribution in [3.05, 3.63) is 47.5 Å². The van der Waals surface area contributed by atoms with Crippen LogP contribution < -0.4 is 0 Å². The largest absolute Gasteiger partial charge is 0.478 e. The van der Waals surface area contributed by atoms with E-state index in [-0.39, 0.29) is 29.7 Å². The van der Waals surface area contributed by atoms with E-state index in [1.807, 2.05) is 0 Å². The second-order valence-electron chi connectivity index (χ2n) is 3.60. The highest BCUT2D eigenvalue weighted by atomic mass is 17.2. The minimum atomic E-state index is -1.34. The van der Waals surface area contributed by atoms with Crippen molar-refractivity contribution in [2.45, 2.75) is 6.42 Å². The number of carbonyl (C=O) groups is 3. The zero-order valence-electron chi connectivity index (χ0n) is 10.4. The Kier molecular flexibility index (Phi) is 5.42. The molecule has 0 aliphatic heterocycles. The number of benzene rings is 1. The standard InChI is InChI=1S/C13H12O7/c1-2-10(15)19-20-13(18)11-8(6-7-14)4-3-5-9(11)12(16)17/h2-5,14H,1,6-7H2,(H,16,17). The molecule has 0 amide bonds. The van der Waals surface area contributed by atoms with E-state index in [2.05, 4.69) is 16.4 Å². The number of hydrogen-bond donors (Lipinski definition) is 2. The van der Waals surface area contributed by atoms with Gasteiger partial charge in [0.2, 0.25) is 0 Å². The van der Waals surface area contributed by atoms with Crippen LogP contribution in [0.1, 0.15) is 26.3 Å². The van der Waals surface area contributed by atoms with E-state index in [1.165, 1.54) is 18.2 Å². The van der Waals surface area contributed by atoms with Crippen LogP contribution in [-0.2, 0) is 21.0 Å². The van der Waals surface area contributed by atoms with Crippen LogP contribution in [0.3, 0.4) is 0 Å². The lowest BCUT2D eigenvalue weighted by Crippen LogP contribution is -2.17. The first-order chi connectivity index (χ1) is 9.51. The summed E-state index contributed by atoms with van der Waals surface area (Å²) in [5.41, 5.74) is -0.312. The van der Waals surface area contributed by atoms with Gasteiger partial charge in [-0.25, -0.2) is 24.2 Å². The average molecular weight is 280 g/mol. The Morgan fingerprint density at radius 3 is 2.50 bits per heavy atom. The maximum absolute atomic E-state index is 11.8. The highest BCUT2D eigenvalue weighted by Gasteiger charge is 2.23. The van der Waals surface area contributed by atoms with Gasteiger partial charge in [0, 0.05) is 12.7 Å². The fourth-order valence-electron chi connectivity index (χ4n) is 1.50. The molecule has 0 aromatic heterocycles. The number of carboxylic acid groups (broad SMARTS) is 1. The van der Waals surface area contributed by atoms with Crippen molar-refractivity contribution in [3.63, 3.8) is 0 Å². The van der Waals surface area contributed by atoms with Gasteiger partial charge in [-0.3, -0.25) is 0 Å². The fourth-order valence-corrected chi connectivity index (χ4v) is 1.50. The normalized spacial score (nSPS) is 9.65. The maximum Gasteiger partial charge on any atom is 0.387 e. The first-order valence-corrected chi connectivity index (χ1v) is 5.52. The van der Waals surface area contributed by atoms with Gasteiger partial charge < -0.3 is 10.2 Å². The Morgan fingerprint density at radius 1 is 1.25 bits per heavy atom. The van der Waals surface area contributed by atoms with Crippen LogP contribution >= 0.6 is 0 Å². The van der Waals surface area contributed by atoms with Gasteiger partial charge in [-0.1, -0.05) is 18.7 Å². The smallest absolute Gasteiger partial charge is 0.387 e. The van der Waals surface area contributed by atoms with Crippen LogP contribution in [0.5, 0.6) is 0 Å². The highest BCUT2D eigenvalue weighted by Crippen LogP contribution is 2.17. The molecule has 7 nitrogen and oxygen atoms in total.